The van der Waals surface area contributed by atoms with Crippen LogP contribution < -0.4 is 5.32 Å². The van der Waals surface area contributed by atoms with Crippen molar-refractivity contribution in [3.63, 3.8) is 0 Å². The first kappa shape index (κ1) is 14.1. The summed E-state index contributed by atoms with van der Waals surface area (Å²) in [5, 5.41) is 13.7. The highest BCUT2D eigenvalue weighted by Gasteiger charge is 2.14. The first-order valence-corrected chi connectivity index (χ1v) is 6.27. The lowest BCUT2D eigenvalue weighted by atomic mass is 9.98. The lowest BCUT2D eigenvalue weighted by molar-refractivity contribution is -0.384. The van der Waals surface area contributed by atoms with Crippen molar-refractivity contribution in [1.29, 1.82) is 0 Å². The van der Waals surface area contributed by atoms with Crippen molar-refractivity contribution in [2.75, 3.05) is 7.05 Å². The minimum atomic E-state index is -0.434. The Kier molecular flexibility index (Phi) is 4.42. The standard InChI is InChI=1S/C15H15FN2O2/c1-17-15(13-4-2-3-5-14(13)16)10-11-6-8-12(9-7-11)18(19)20/h2-9,15,17H,10H2,1H3. The zero-order valence-electron chi connectivity index (χ0n) is 11.0. The fourth-order valence-corrected chi connectivity index (χ4v) is 2.11. The first-order valence-electron chi connectivity index (χ1n) is 6.27. The van der Waals surface area contributed by atoms with Crippen molar-refractivity contribution in [2.24, 2.45) is 0 Å². The molecule has 104 valence electrons. The van der Waals surface area contributed by atoms with Gasteiger partial charge in [0.2, 0.25) is 0 Å². The molecule has 0 amide bonds. The summed E-state index contributed by atoms with van der Waals surface area (Å²) in [6.45, 7) is 0. The van der Waals surface area contributed by atoms with Crippen molar-refractivity contribution >= 4 is 5.69 Å². The molecule has 2 rings (SSSR count). The molecule has 0 fully saturated rings. The third kappa shape index (κ3) is 3.19. The Hall–Kier alpha value is -2.27. The Morgan fingerprint density at radius 2 is 1.85 bits per heavy atom. The molecule has 1 N–H and O–H groups in total. The average molecular weight is 274 g/mol. The third-order valence-corrected chi connectivity index (χ3v) is 3.22. The molecular weight excluding hydrogens is 259 g/mol. The maximum absolute atomic E-state index is 13.8. The van der Waals surface area contributed by atoms with Gasteiger partial charge in [-0.3, -0.25) is 10.1 Å². The van der Waals surface area contributed by atoms with E-state index in [2.05, 4.69) is 5.32 Å². The Labute approximate surface area is 116 Å². The summed E-state index contributed by atoms with van der Waals surface area (Å²) >= 11 is 0. The maximum Gasteiger partial charge on any atom is 0.269 e. The zero-order chi connectivity index (χ0) is 14.5. The predicted octanol–water partition coefficient (Wildman–Crippen LogP) is 3.24. The highest BCUT2D eigenvalue weighted by molar-refractivity contribution is 5.34. The van der Waals surface area contributed by atoms with Crippen LogP contribution in [0.1, 0.15) is 17.2 Å². The van der Waals surface area contributed by atoms with E-state index < -0.39 is 4.92 Å². The van der Waals surface area contributed by atoms with Crippen LogP contribution in [0, 0.1) is 15.9 Å². The van der Waals surface area contributed by atoms with E-state index in [1.807, 2.05) is 0 Å². The molecule has 0 saturated carbocycles. The van der Waals surface area contributed by atoms with Crippen LogP contribution in [0.3, 0.4) is 0 Å². The molecule has 2 aromatic carbocycles. The Morgan fingerprint density at radius 3 is 2.40 bits per heavy atom. The van der Waals surface area contributed by atoms with Gasteiger partial charge in [-0.1, -0.05) is 30.3 Å². The van der Waals surface area contributed by atoms with Gasteiger partial charge in [-0.2, -0.15) is 0 Å². The fourth-order valence-electron chi connectivity index (χ4n) is 2.11. The summed E-state index contributed by atoms with van der Waals surface area (Å²) in [4.78, 5) is 10.2. The summed E-state index contributed by atoms with van der Waals surface area (Å²) in [6.07, 6.45) is 0.565. The molecular formula is C15H15FN2O2. The molecule has 1 atom stereocenters. The smallest absolute Gasteiger partial charge is 0.269 e. The zero-order valence-corrected chi connectivity index (χ0v) is 11.0. The van der Waals surface area contributed by atoms with Gasteiger partial charge in [-0.25, -0.2) is 4.39 Å². The Morgan fingerprint density at radius 1 is 1.20 bits per heavy atom. The van der Waals surface area contributed by atoms with Gasteiger partial charge in [0.1, 0.15) is 5.82 Å². The molecule has 0 spiro atoms. The second-order valence-corrected chi connectivity index (χ2v) is 4.49. The van der Waals surface area contributed by atoms with E-state index in [9.17, 15) is 14.5 Å². The topological polar surface area (TPSA) is 55.2 Å². The lowest BCUT2D eigenvalue weighted by Gasteiger charge is -2.17. The number of rotatable bonds is 5. The summed E-state index contributed by atoms with van der Waals surface area (Å²) in [5.74, 6) is -0.256. The quantitative estimate of drug-likeness (QED) is 0.672. The molecule has 0 aliphatic rings. The lowest BCUT2D eigenvalue weighted by Crippen LogP contribution is -2.20. The van der Waals surface area contributed by atoms with Crippen LogP contribution >= 0.6 is 0 Å². The number of likely N-dealkylation sites (N-methyl/N-ethyl adjacent to an activating group) is 1. The highest BCUT2D eigenvalue weighted by atomic mass is 19.1. The molecule has 0 saturated heterocycles. The number of nitro groups is 1. The average Bonchev–Trinajstić information content (AvgIpc) is 2.46. The van der Waals surface area contributed by atoms with Gasteiger partial charge in [0.15, 0.2) is 0 Å². The number of benzene rings is 2. The van der Waals surface area contributed by atoms with Crippen LogP contribution in [-0.4, -0.2) is 12.0 Å². The maximum atomic E-state index is 13.8. The largest absolute Gasteiger partial charge is 0.313 e. The predicted molar refractivity (Wildman–Crippen MR) is 75.0 cm³/mol. The number of hydrogen-bond donors (Lipinski definition) is 1. The normalized spacial score (nSPS) is 12.1. The SMILES string of the molecule is CNC(Cc1ccc([N+](=O)[O-])cc1)c1ccccc1F. The van der Waals surface area contributed by atoms with E-state index in [4.69, 9.17) is 0 Å². The number of nitrogens with one attached hydrogen (secondary N) is 1. The molecule has 0 radical (unpaired) electrons. The van der Waals surface area contributed by atoms with Crippen LogP contribution in [-0.2, 0) is 6.42 Å². The number of nitrogens with zero attached hydrogens (tertiary/aromatic N) is 1. The Bertz CT molecular complexity index is 599. The number of halogens is 1. The molecule has 2 aromatic rings. The summed E-state index contributed by atoms with van der Waals surface area (Å²) < 4.78 is 13.8. The van der Waals surface area contributed by atoms with Crippen LogP contribution in [0.2, 0.25) is 0 Å². The van der Waals surface area contributed by atoms with Gasteiger partial charge in [0.25, 0.3) is 5.69 Å². The van der Waals surface area contributed by atoms with Crippen molar-refractivity contribution < 1.29 is 9.31 Å². The van der Waals surface area contributed by atoms with Crippen molar-refractivity contribution in [2.45, 2.75) is 12.5 Å². The van der Waals surface area contributed by atoms with Gasteiger partial charge in [0.05, 0.1) is 4.92 Å². The van der Waals surface area contributed by atoms with Crippen LogP contribution in [0.4, 0.5) is 10.1 Å². The highest BCUT2D eigenvalue weighted by Crippen LogP contribution is 2.22. The number of hydrogen-bond acceptors (Lipinski definition) is 3. The molecule has 0 aliphatic carbocycles. The van der Waals surface area contributed by atoms with Crippen LogP contribution in [0.25, 0.3) is 0 Å². The summed E-state index contributed by atoms with van der Waals surface area (Å²) in [5.41, 5.74) is 1.56. The molecule has 0 heterocycles. The van der Waals surface area contributed by atoms with E-state index in [0.29, 0.717) is 12.0 Å². The molecule has 5 heteroatoms. The molecule has 1 unspecified atom stereocenters. The third-order valence-electron chi connectivity index (χ3n) is 3.22. The van der Waals surface area contributed by atoms with Gasteiger partial charge in [-0.05, 0) is 25.1 Å². The minimum Gasteiger partial charge on any atom is -0.313 e. The molecule has 20 heavy (non-hydrogen) atoms. The number of nitro benzene ring substituents is 1. The number of non-ortho nitro benzene ring substituents is 1. The molecule has 0 aliphatic heterocycles. The van der Waals surface area contributed by atoms with Crippen molar-refractivity contribution in [1.82, 2.24) is 5.32 Å². The van der Waals surface area contributed by atoms with Crippen LogP contribution in [0.5, 0.6) is 0 Å². The van der Waals surface area contributed by atoms with Gasteiger partial charge in [-0.15, -0.1) is 0 Å². The molecule has 4 nitrogen and oxygen atoms in total. The molecule has 0 bridgehead atoms. The monoisotopic (exact) mass is 274 g/mol. The molecule has 0 aromatic heterocycles. The van der Waals surface area contributed by atoms with E-state index in [1.165, 1.54) is 18.2 Å². The Balaban J connectivity index is 2.18. The van der Waals surface area contributed by atoms with E-state index >= 15 is 0 Å². The fraction of sp³-hybridized carbons (Fsp3) is 0.200. The van der Waals surface area contributed by atoms with Crippen molar-refractivity contribution in [3.05, 3.63) is 75.6 Å². The second kappa shape index (κ2) is 6.25. The minimum absolute atomic E-state index is 0.0562. The first-order chi connectivity index (χ1) is 9.61. The van der Waals surface area contributed by atoms with E-state index in [1.54, 1.807) is 37.4 Å². The van der Waals surface area contributed by atoms with Gasteiger partial charge < -0.3 is 5.32 Å². The van der Waals surface area contributed by atoms with Crippen LogP contribution in [0.15, 0.2) is 48.5 Å². The van der Waals surface area contributed by atoms with Gasteiger partial charge in [0, 0.05) is 23.7 Å². The summed E-state index contributed by atoms with van der Waals surface area (Å²) in [6, 6.07) is 12.8. The van der Waals surface area contributed by atoms with Crippen molar-refractivity contribution in [3.8, 4) is 0 Å². The summed E-state index contributed by atoms with van der Waals surface area (Å²) in [7, 11) is 1.77. The van der Waals surface area contributed by atoms with E-state index in [0.717, 1.165) is 5.56 Å². The van der Waals surface area contributed by atoms with E-state index in [-0.39, 0.29) is 17.5 Å². The van der Waals surface area contributed by atoms with Gasteiger partial charge >= 0.3 is 0 Å². The second-order valence-electron chi connectivity index (χ2n) is 4.49.